The summed E-state index contributed by atoms with van der Waals surface area (Å²) < 4.78 is 77.9. The van der Waals surface area contributed by atoms with Crippen molar-refractivity contribution in [3.63, 3.8) is 0 Å². The summed E-state index contributed by atoms with van der Waals surface area (Å²) in [6.07, 6.45) is -9.29. The number of hydrogen-bond acceptors (Lipinski definition) is 2. The van der Waals surface area contributed by atoms with Gasteiger partial charge in [-0.3, -0.25) is 4.90 Å². The van der Waals surface area contributed by atoms with E-state index in [-0.39, 0.29) is 43.5 Å². The highest BCUT2D eigenvalue weighted by Crippen LogP contribution is 2.41. The molecule has 0 unspecified atom stereocenters. The van der Waals surface area contributed by atoms with Gasteiger partial charge in [0.05, 0.1) is 10.6 Å². The molecule has 0 amide bonds. The molecule has 0 radical (unpaired) electrons. The van der Waals surface area contributed by atoms with Gasteiger partial charge in [-0.1, -0.05) is 17.7 Å². The maximum atomic E-state index is 13.3. The average Bonchev–Trinajstić information content (AvgIpc) is 2.37. The molecule has 0 saturated carbocycles. The topological polar surface area (TPSA) is 15.3 Å². The predicted octanol–water partition coefficient (Wildman–Crippen LogP) is 4.71. The highest BCUT2D eigenvalue weighted by Gasteiger charge is 2.45. The van der Waals surface area contributed by atoms with Crippen LogP contribution >= 0.6 is 36.4 Å². The van der Waals surface area contributed by atoms with Crippen LogP contribution in [0.2, 0.25) is 5.02 Å². The monoisotopic (exact) mass is 418 g/mol. The molecular formula is C13H15Cl3F6N2. The number of piperazine rings is 1. The van der Waals surface area contributed by atoms with E-state index in [0.29, 0.717) is 19.2 Å². The van der Waals surface area contributed by atoms with E-state index in [1.807, 2.05) is 0 Å². The van der Waals surface area contributed by atoms with Crippen molar-refractivity contribution in [2.45, 2.75) is 18.4 Å². The normalized spacial score (nSPS) is 17.6. The zero-order chi connectivity index (χ0) is 16.5. The van der Waals surface area contributed by atoms with Gasteiger partial charge in [0, 0.05) is 26.2 Å². The summed E-state index contributed by atoms with van der Waals surface area (Å²) in [5, 5.41) is 2.20. The first-order valence-electron chi connectivity index (χ1n) is 6.49. The van der Waals surface area contributed by atoms with Crippen molar-refractivity contribution in [3.8, 4) is 0 Å². The predicted molar refractivity (Wildman–Crippen MR) is 84.2 cm³/mol. The Kier molecular flexibility index (Phi) is 8.65. The van der Waals surface area contributed by atoms with Crippen LogP contribution in [0.5, 0.6) is 0 Å². The molecule has 1 atom stereocenters. The lowest BCUT2D eigenvalue weighted by Gasteiger charge is -2.36. The number of rotatable bonds is 2. The maximum absolute atomic E-state index is 13.3. The van der Waals surface area contributed by atoms with Crippen LogP contribution in [0.3, 0.4) is 0 Å². The second-order valence-corrected chi connectivity index (χ2v) is 5.37. The number of halogens is 9. The Morgan fingerprint density at radius 3 is 1.96 bits per heavy atom. The Labute approximate surface area is 152 Å². The minimum atomic E-state index is -4.70. The maximum Gasteiger partial charge on any atom is 0.417 e. The number of nitrogens with zero attached hydrogens (tertiary/aromatic N) is 1. The van der Waals surface area contributed by atoms with Crippen molar-refractivity contribution < 1.29 is 26.3 Å². The number of hydrogen-bond donors (Lipinski definition) is 1. The smallest absolute Gasteiger partial charge is 0.314 e. The molecule has 1 aliphatic rings. The first-order valence-corrected chi connectivity index (χ1v) is 6.86. The third kappa shape index (κ3) is 5.56. The quantitative estimate of drug-likeness (QED) is 0.699. The summed E-state index contributed by atoms with van der Waals surface area (Å²) in [7, 11) is 0. The van der Waals surface area contributed by atoms with Gasteiger partial charge in [-0.25, -0.2) is 0 Å². The molecule has 1 aromatic carbocycles. The third-order valence-corrected chi connectivity index (χ3v) is 3.75. The summed E-state index contributed by atoms with van der Waals surface area (Å²) >= 11 is 5.53. The largest absolute Gasteiger partial charge is 0.417 e. The third-order valence-electron chi connectivity index (χ3n) is 3.44. The lowest BCUT2D eigenvalue weighted by molar-refractivity contribution is -0.187. The van der Waals surface area contributed by atoms with E-state index in [4.69, 9.17) is 11.6 Å². The van der Waals surface area contributed by atoms with Gasteiger partial charge in [0.25, 0.3) is 0 Å². The number of alkyl halides is 6. The molecule has 24 heavy (non-hydrogen) atoms. The van der Waals surface area contributed by atoms with Gasteiger partial charge in [0.1, 0.15) is 6.04 Å². The van der Waals surface area contributed by atoms with Crippen molar-refractivity contribution >= 4 is 36.4 Å². The zero-order valence-corrected chi connectivity index (χ0v) is 14.4. The molecule has 0 aliphatic carbocycles. The Hall–Kier alpha value is -0.410. The molecular weight excluding hydrogens is 405 g/mol. The van der Waals surface area contributed by atoms with Crippen molar-refractivity contribution in [2.24, 2.45) is 0 Å². The van der Waals surface area contributed by atoms with Crippen LogP contribution in [0.4, 0.5) is 26.3 Å². The van der Waals surface area contributed by atoms with Crippen LogP contribution in [-0.4, -0.2) is 37.3 Å². The van der Waals surface area contributed by atoms with Gasteiger partial charge < -0.3 is 5.32 Å². The van der Waals surface area contributed by atoms with Crippen molar-refractivity contribution in [3.05, 3.63) is 34.3 Å². The van der Waals surface area contributed by atoms with Crippen LogP contribution in [0, 0.1) is 0 Å². The summed E-state index contributed by atoms with van der Waals surface area (Å²) in [6, 6.07) is 0.229. The lowest BCUT2D eigenvalue weighted by Crippen LogP contribution is -2.49. The fourth-order valence-electron chi connectivity index (χ4n) is 2.48. The zero-order valence-electron chi connectivity index (χ0n) is 12.0. The van der Waals surface area contributed by atoms with E-state index < -0.39 is 29.0 Å². The Bertz CT molecular complexity index is 529. The molecule has 1 saturated heterocycles. The molecule has 1 N–H and O–H groups in total. The van der Waals surface area contributed by atoms with E-state index in [0.717, 1.165) is 12.1 Å². The molecule has 0 spiro atoms. The molecule has 2 rings (SSSR count). The fraction of sp³-hybridized carbons (Fsp3) is 0.538. The van der Waals surface area contributed by atoms with Crippen LogP contribution in [-0.2, 0) is 6.18 Å². The van der Waals surface area contributed by atoms with Crippen LogP contribution in [0.25, 0.3) is 0 Å². The van der Waals surface area contributed by atoms with Gasteiger partial charge in [-0.2, -0.15) is 26.3 Å². The SMILES string of the molecule is Cl.Cl.FC(F)(F)c1ccc([C@@H](N2CCNCC2)C(F)(F)F)cc1Cl. The van der Waals surface area contributed by atoms with Gasteiger partial charge in [-0.15, -0.1) is 24.8 Å². The Morgan fingerprint density at radius 1 is 1.00 bits per heavy atom. The van der Waals surface area contributed by atoms with Crippen molar-refractivity contribution in [1.82, 2.24) is 10.2 Å². The molecule has 2 nitrogen and oxygen atoms in total. The van der Waals surface area contributed by atoms with Crippen LogP contribution < -0.4 is 5.32 Å². The van der Waals surface area contributed by atoms with Gasteiger partial charge in [0.2, 0.25) is 0 Å². The molecule has 140 valence electrons. The number of nitrogens with one attached hydrogen (secondary N) is 1. The van der Waals surface area contributed by atoms with Crippen molar-refractivity contribution in [2.75, 3.05) is 26.2 Å². The van der Waals surface area contributed by atoms with E-state index in [2.05, 4.69) is 5.32 Å². The highest BCUT2D eigenvalue weighted by molar-refractivity contribution is 6.31. The first-order chi connectivity index (χ1) is 10.1. The van der Waals surface area contributed by atoms with E-state index >= 15 is 0 Å². The van der Waals surface area contributed by atoms with Crippen molar-refractivity contribution in [1.29, 1.82) is 0 Å². The first kappa shape index (κ1) is 23.6. The van der Waals surface area contributed by atoms with Crippen LogP contribution in [0.15, 0.2) is 18.2 Å². The molecule has 1 heterocycles. The summed E-state index contributed by atoms with van der Waals surface area (Å²) in [5.41, 5.74) is -1.42. The second-order valence-electron chi connectivity index (χ2n) is 4.97. The van der Waals surface area contributed by atoms with Gasteiger partial charge >= 0.3 is 12.4 Å². The second kappa shape index (κ2) is 8.80. The highest BCUT2D eigenvalue weighted by atomic mass is 35.5. The molecule has 1 aliphatic heterocycles. The van der Waals surface area contributed by atoms with Gasteiger partial charge in [0.15, 0.2) is 0 Å². The summed E-state index contributed by atoms with van der Waals surface area (Å²) in [5.74, 6) is 0. The van der Waals surface area contributed by atoms with Crippen LogP contribution in [0.1, 0.15) is 17.2 Å². The van der Waals surface area contributed by atoms with E-state index in [9.17, 15) is 26.3 Å². The fourth-order valence-corrected chi connectivity index (χ4v) is 2.77. The van der Waals surface area contributed by atoms with Gasteiger partial charge in [-0.05, 0) is 17.7 Å². The standard InChI is InChI=1S/C13H13ClF6N2.2ClH/c14-10-7-8(1-2-9(10)12(15,16)17)11(13(18,19)20)22-5-3-21-4-6-22;;/h1-2,7,11,21H,3-6H2;2*1H/t11-;;/m1../s1. The number of benzene rings is 1. The Morgan fingerprint density at radius 2 is 1.54 bits per heavy atom. The molecule has 1 fully saturated rings. The molecule has 0 bridgehead atoms. The average molecular weight is 420 g/mol. The van der Waals surface area contributed by atoms with E-state index in [1.54, 1.807) is 0 Å². The lowest BCUT2D eigenvalue weighted by atomic mass is 10.0. The Balaban J connectivity index is 0.00000264. The minimum absolute atomic E-state index is 0. The minimum Gasteiger partial charge on any atom is -0.314 e. The molecule has 1 aromatic rings. The molecule has 0 aromatic heterocycles. The summed E-state index contributed by atoms with van der Waals surface area (Å²) in [4.78, 5) is 1.19. The summed E-state index contributed by atoms with van der Waals surface area (Å²) in [6.45, 7) is 1.09. The van der Waals surface area contributed by atoms with E-state index in [1.165, 1.54) is 4.90 Å². The molecule has 11 heteroatoms.